The molecule has 1 amide bonds. The van der Waals surface area contributed by atoms with E-state index in [0.717, 1.165) is 45.5 Å². The Balaban J connectivity index is 1.74. The van der Waals surface area contributed by atoms with E-state index < -0.39 is 0 Å². The van der Waals surface area contributed by atoms with E-state index in [1.165, 1.54) is 12.8 Å². The number of nitrogens with zero attached hydrogens (tertiary/aromatic N) is 1. The molecule has 4 heteroatoms. The summed E-state index contributed by atoms with van der Waals surface area (Å²) in [7, 11) is 0. The summed E-state index contributed by atoms with van der Waals surface area (Å²) in [5.41, 5.74) is 0. The van der Waals surface area contributed by atoms with Gasteiger partial charge in [-0.05, 0) is 44.6 Å². The van der Waals surface area contributed by atoms with Gasteiger partial charge >= 0.3 is 0 Å². The minimum absolute atomic E-state index is 0.169. The number of rotatable bonds is 5. The number of nitrogens with one attached hydrogen (secondary N) is 1. The van der Waals surface area contributed by atoms with Gasteiger partial charge in [0.2, 0.25) is 5.91 Å². The van der Waals surface area contributed by atoms with Crippen molar-refractivity contribution in [1.82, 2.24) is 10.2 Å². The number of amides is 1. The predicted octanol–water partition coefficient (Wildman–Crippen LogP) is 2.18. The Hall–Kier alpha value is -0.610. The van der Waals surface area contributed by atoms with Crippen molar-refractivity contribution in [3.05, 3.63) is 0 Å². The summed E-state index contributed by atoms with van der Waals surface area (Å²) in [4.78, 5) is 14.4. The standard InChI is InChI=1S/C16H30N2O2/c1-3-8-17-15-7-9-18(12-13(15)2)16(19)11-14-6-4-5-10-20-14/h13-15,17H,3-12H2,1-2H3. The first-order valence-corrected chi connectivity index (χ1v) is 8.33. The molecule has 0 radical (unpaired) electrons. The van der Waals surface area contributed by atoms with Crippen LogP contribution in [-0.2, 0) is 9.53 Å². The fourth-order valence-corrected chi connectivity index (χ4v) is 3.30. The summed E-state index contributed by atoms with van der Waals surface area (Å²) in [5.74, 6) is 0.837. The van der Waals surface area contributed by atoms with Crippen LogP contribution < -0.4 is 5.32 Å². The molecule has 116 valence electrons. The molecule has 2 heterocycles. The molecule has 0 saturated carbocycles. The Morgan fingerprint density at radius 3 is 2.85 bits per heavy atom. The molecular weight excluding hydrogens is 252 g/mol. The van der Waals surface area contributed by atoms with Crippen LogP contribution in [0.3, 0.4) is 0 Å². The van der Waals surface area contributed by atoms with Crippen LogP contribution in [0.4, 0.5) is 0 Å². The van der Waals surface area contributed by atoms with Crippen molar-refractivity contribution in [3.8, 4) is 0 Å². The number of piperidine rings is 1. The van der Waals surface area contributed by atoms with E-state index in [9.17, 15) is 4.79 Å². The maximum atomic E-state index is 12.4. The van der Waals surface area contributed by atoms with Gasteiger partial charge in [-0.3, -0.25) is 4.79 Å². The molecule has 3 unspecified atom stereocenters. The third-order valence-electron chi connectivity index (χ3n) is 4.59. The molecule has 0 spiro atoms. The molecule has 0 aromatic rings. The van der Waals surface area contributed by atoms with E-state index in [1.54, 1.807) is 0 Å². The van der Waals surface area contributed by atoms with Crippen LogP contribution in [0.2, 0.25) is 0 Å². The van der Waals surface area contributed by atoms with E-state index in [2.05, 4.69) is 19.2 Å². The zero-order chi connectivity index (χ0) is 14.4. The van der Waals surface area contributed by atoms with Gasteiger partial charge in [0.1, 0.15) is 0 Å². The van der Waals surface area contributed by atoms with Gasteiger partial charge in [0.15, 0.2) is 0 Å². The Kier molecular flexibility index (Phi) is 6.30. The average molecular weight is 282 g/mol. The predicted molar refractivity (Wildman–Crippen MR) is 80.7 cm³/mol. The summed E-state index contributed by atoms with van der Waals surface area (Å²) >= 11 is 0. The lowest BCUT2D eigenvalue weighted by atomic mass is 9.93. The molecular formula is C16H30N2O2. The summed E-state index contributed by atoms with van der Waals surface area (Å²) in [5, 5.41) is 3.60. The summed E-state index contributed by atoms with van der Waals surface area (Å²) in [6.07, 6.45) is 6.41. The van der Waals surface area contributed by atoms with Crippen LogP contribution in [0.1, 0.15) is 52.4 Å². The first-order chi connectivity index (χ1) is 9.70. The average Bonchev–Trinajstić information content (AvgIpc) is 2.47. The molecule has 3 atom stereocenters. The van der Waals surface area contributed by atoms with Crippen LogP contribution in [0.5, 0.6) is 0 Å². The van der Waals surface area contributed by atoms with Gasteiger partial charge in [0.25, 0.3) is 0 Å². The Labute approximate surface area is 123 Å². The molecule has 0 bridgehead atoms. The molecule has 0 aromatic heterocycles. The molecule has 2 saturated heterocycles. The van der Waals surface area contributed by atoms with Gasteiger partial charge in [0.05, 0.1) is 12.5 Å². The lowest BCUT2D eigenvalue weighted by Crippen LogP contribution is -2.50. The van der Waals surface area contributed by atoms with E-state index >= 15 is 0 Å². The molecule has 1 N–H and O–H groups in total. The summed E-state index contributed by atoms with van der Waals surface area (Å²) in [6, 6.07) is 0.574. The smallest absolute Gasteiger partial charge is 0.225 e. The van der Waals surface area contributed by atoms with Crippen molar-refractivity contribution in [2.24, 2.45) is 5.92 Å². The summed E-state index contributed by atoms with van der Waals surface area (Å²) < 4.78 is 5.68. The Morgan fingerprint density at radius 1 is 1.35 bits per heavy atom. The number of hydrogen-bond acceptors (Lipinski definition) is 3. The fraction of sp³-hybridized carbons (Fsp3) is 0.938. The highest BCUT2D eigenvalue weighted by molar-refractivity contribution is 5.76. The third kappa shape index (κ3) is 4.45. The van der Waals surface area contributed by atoms with Crippen LogP contribution in [0.15, 0.2) is 0 Å². The van der Waals surface area contributed by atoms with Crippen LogP contribution in [-0.4, -0.2) is 49.2 Å². The second-order valence-electron chi connectivity index (χ2n) is 6.36. The lowest BCUT2D eigenvalue weighted by Gasteiger charge is -2.38. The molecule has 2 aliphatic rings. The molecule has 20 heavy (non-hydrogen) atoms. The molecule has 2 rings (SSSR count). The zero-order valence-corrected chi connectivity index (χ0v) is 13.1. The maximum Gasteiger partial charge on any atom is 0.225 e. The van der Waals surface area contributed by atoms with E-state index in [1.807, 2.05) is 4.90 Å². The number of carbonyl (C=O) groups excluding carboxylic acids is 1. The number of carbonyl (C=O) groups is 1. The highest BCUT2D eigenvalue weighted by Crippen LogP contribution is 2.21. The Morgan fingerprint density at radius 2 is 2.20 bits per heavy atom. The molecule has 2 aliphatic heterocycles. The van der Waals surface area contributed by atoms with Crippen molar-refractivity contribution in [2.45, 2.75) is 64.5 Å². The molecule has 2 fully saturated rings. The minimum Gasteiger partial charge on any atom is -0.378 e. The summed E-state index contributed by atoms with van der Waals surface area (Å²) in [6.45, 7) is 8.16. The van der Waals surface area contributed by atoms with Crippen LogP contribution in [0.25, 0.3) is 0 Å². The first-order valence-electron chi connectivity index (χ1n) is 8.33. The first kappa shape index (κ1) is 15.8. The molecule has 4 nitrogen and oxygen atoms in total. The topological polar surface area (TPSA) is 41.6 Å². The van der Waals surface area contributed by atoms with Gasteiger partial charge in [-0.25, -0.2) is 0 Å². The van der Waals surface area contributed by atoms with Crippen molar-refractivity contribution in [1.29, 1.82) is 0 Å². The SMILES string of the molecule is CCCNC1CCN(C(=O)CC2CCCCO2)CC1C. The maximum absolute atomic E-state index is 12.4. The van der Waals surface area contributed by atoms with Crippen molar-refractivity contribution < 1.29 is 9.53 Å². The zero-order valence-electron chi connectivity index (χ0n) is 13.1. The largest absolute Gasteiger partial charge is 0.378 e. The Bertz CT molecular complexity index is 303. The van der Waals surface area contributed by atoms with Gasteiger partial charge in [-0.15, -0.1) is 0 Å². The number of likely N-dealkylation sites (tertiary alicyclic amines) is 1. The normalized spacial score (nSPS) is 31.3. The van der Waals surface area contributed by atoms with Crippen molar-refractivity contribution >= 4 is 5.91 Å². The van der Waals surface area contributed by atoms with E-state index in [-0.39, 0.29) is 12.0 Å². The van der Waals surface area contributed by atoms with Crippen molar-refractivity contribution in [2.75, 3.05) is 26.2 Å². The van der Waals surface area contributed by atoms with Gasteiger partial charge < -0.3 is 15.0 Å². The fourth-order valence-electron chi connectivity index (χ4n) is 3.30. The van der Waals surface area contributed by atoms with Crippen LogP contribution >= 0.6 is 0 Å². The van der Waals surface area contributed by atoms with Gasteiger partial charge in [-0.2, -0.15) is 0 Å². The second kappa shape index (κ2) is 7.99. The van der Waals surface area contributed by atoms with E-state index in [0.29, 0.717) is 18.4 Å². The van der Waals surface area contributed by atoms with Crippen LogP contribution in [0, 0.1) is 5.92 Å². The van der Waals surface area contributed by atoms with E-state index in [4.69, 9.17) is 4.74 Å². The minimum atomic E-state index is 0.169. The monoisotopic (exact) mass is 282 g/mol. The van der Waals surface area contributed by atoms with Gasteiger partial charge in [0, 0.05) is 25.7 Å². The lowest BCUT2D eigenvalue weighted by molar-refractivity contribution is -0.137. The molecule has 0 aliphatic carbocycles. The third-order valence-corrected chi connectivity index (χ3v) is 4.59. The highest BCUT2D eigenvalue weighted by Gasteiger charge is 2.29. The number of hydrogen-bond donors (Lipinski definition) is 1. The quantitative estimate of drug-likeness (QED) is 0.840. The molecule has 0 aromatic carbocycles. The van der Waals surface area contributed by atoms with Crippen molar-refractivity contribution in [3.63, 3.8) is 0 Å². The number of ether oxygens (including phenoxy) is 1. The van der Waals surface area contributed by atoms with Gasteiger partial charge in [-0.1, -0.05) is 13.8 Å². The second-order valence-corrected chi connectivity index (χ2v) is 6.36. The highest BCUT2D eigenvalue weighted by atomic mass is 16.5.